The minimum Gasteiger partial charge on any atom is -0.423 e. The van der Waals surface area contributed by atoms with E-state index in [9.17, 15) is 4.79 Å². The first-order chi connectivity index (χ1) is 12.8. The molecule has 26 heavy (non-hydrogen) atoms. The second-order valence-electron chi connectivity index (χ2n) is 5.40. The molecule has 0 bridgehead atoms. The molecule has 0 fully saturated rings. The van der Waals surface area contributed by atoms with Crippen LogP contribution in [0.3, 0.4) is 0 Å². The van der Waals surface area contributed by atoms with Crippen molar-refractivity contribution < 1.29 is 9.21 Å². The third-order valence-corrected chi connectivity index (χ3v) is 4.69. The zero-order valence-corrected chi connectivity index (χ0v) is 14.7. The summed E-state index contributed by atoms with van der Waals surface area (Å²) in [6.07, 6.45) is 1.27. The van der Waals surface area contributed by atoms with Gasteiger partial charge in [0.25, 0.3) is 5.91 Å². The molecule has 0 aliphatic rings. The predicted molar refractivity (Wildman–Crippen MR) is 99.4 cm³/mol. The van der Waals surface area contributed by atoms with Crippen LogP contribution >= 0.6 is 11.8 Å². The Morgan fingerprint density at radius 1 is 1.19 bits per heavy atom. The Hall–Kier alpha value is -3.11. The topological polar surface area (TPSA) is 91.8 Å². The number of carbonyl (C=O) groups excluding carboxylic acids is 1. The van der Waals surface area contributed by atoms with Gasteiger partial charge in [-0.2, -0.15) is 17.0 Å². The second kappa shape index (κ2) is 8.83. The van der Waals surface area contributed by atoms with E-state index in [1.54, 1.807) is 36.0 Å². The SMILES string of the molecule is N#Cc1ccccc1CSCCNC(=O)c1ccc(-c2nnco2)cc1. The zero-order valence-electron chi connectivity index (χ0n) is 13.9. The molecule has 0 saturated carbocycles. The Labute approximate surface area is 155 Å². The Bertz CT molecular complexity index is 902. The lowest BCUT2D eigenvalue weighted by molar-refractivity contribution is 0.0956. The summed E-state index contributed by atoms with van der Waals surface area (Å²) in [4.78, 5) is 12.2. The van der Waals surface area contributed by atoms with Crippen LogP contribution in [0, 0.1) is 11.3 Å². The molecule has 130 valence electrons. The third-order valence-electron chi connectivity index (χ3n) is 3.68. The lowest BCUT2D eigenvalue weighted by Crippen LogP contribution is -2.25. The maximum absolute atomic E-state index is 12.2. The summed E-state index contributed by atoms with van der Waals surface area (Å²) in [5, 5.41) is 19.4. The van der Waals surface area contributed by atoms with Crippen molar-refractivity contribution in [2.24, 2.45) is 0 Å². The van der Waals surface area contributed by atoms with Crippen molar-refractivity contribution in [3.05, 3.63) is 71.6 Å². The third kappa shape index (κ3) is 4.49. The van der Waals surface area contributed by atoms with E-state index in [-0.39, 0.29) is 5.91 Å². The fourth-order valence-corrected chi connectivity index (χ4v) is 3.20. The van der Waals surface area contributed by atoms with Crippen LogP contribution in [0.1, 0.15) is 21.5 Å². The number of rotatable bonds is 7. The largest absolute Gasteiger partial charge is 0.423 e. The fourth-order valence-electron chi connectivity index (χ4n) is 2.34. The van der Waals surface area contributed by atoms with E-state index in [2.05, 4.69) is 21.6 Å². The van der Waals surface area contributed by atoms with Crippen LogP contribution in [0.4, 0.5) is 0 Å². The van der Waals surface area contributed by atoms with Crippen LogP contribution in [0.2, 0.25) is 0 Å². The van der Waals surface area contributed by atoms with Gasteiger partial charge in [-0.25, -0.2) is 0 Å². The molecule has 1 amide bonds. The van der Waals surface area contributed by atoms with Crippen molar-refractivity contribution in [1.82, 2.24) is 15.5 Å². The summed E-state index contributed by atoms with van der Waals surface area (Å²) in [6.45, 7) is 0.559. The van der Waals surface area contributed by atoms with Gasteiger partial charge < -0.3 is 9.73 Å². The Morgan fingerprint density at radius 2 is 2.00 bits per heavy atom. The van der Waals surface area contributed by atoms with Gasteiger partial charge in [0.1, 0.15) is 0 Å². The van der Waals surface area contributed by atoms with Gasteiger partial charge in [0.05, 0.1) is 11.6 Å². The van der Waals surface area contributed by atoms with Gasteiger partial charge in [0.2, 0.25) is 12.3 Å². The first-order valence-electron chi connectivity index (χ1n) is 7.98. The number of benzene rings is 2. The number of thioether (sulfide) groups is 1. The van der Waals surface area contributed by atoms with Gasteiger partial charge in [-0.1, -0.05) is 18.2 Å². The molecule has 6 nitrogen and oxygen atoms in total. The number of carbonyl (C=O) groups is 1. The van der Waals surface area contributed by atoms with Crippen LogP contribution in [-0.2, 0) is 5.75 Å². The first kappa shape index (κ1) is 17.7. The first-order valence-corrected chi connectivity index (χ1v) is 9.14. The number of nitrogens with one attached hydrogen (secondary N) is 1. The molecule has 0 aliphatic carbocycles. The predicted octanol–water partition coefficient (Wildman–Crippen LogP) is 3.27. The summed E-state index contributed by atoms with van der Waals surface area (Å²) in [5.74, 6) is 1.82. The molecule has 1 heterocycles. The molecule has 0 radical (unpaired) electrons. The van der Waals surface area contributed by atoms with Crippen molar-refractivity contribution in [1.29, 1.82) is 5.26 Å². The van der Waals surface area contributed by atoms with Crippen molar-refractivity contribution in [3.8, 4) is 17.5 Å². The van der Waals surface area contributed by atoms with Gasteiger partial charge in [-0.15, -0.1) is 10.2 Å². The summed E-state index contributed by atoms with van der Waals surface area (Å²) in [5.41, 5.74) is 3.06. The number of amides is 1. The van der Waals surface area contributed by atoms with Crippen LogP contribution < -0.4 is 5.32 Å². The highest BCUT2D eigenvalue weighted by Crippen LogP contribution is 2.17. The average molecular weight is 364 g/mol. The zero-order chi connectivity index (χ0) is 18.2. The maximum Gasteiger partial charge on any atom is 0.251 e. The highest BCUT2D eigenvalue weighted by atomic mass is 32.2. The van der Waals surface area contributed by atoms with Crippen molar-refractivity contribution in [3.63, 3.8) is 0 Å². The van der Waals surface area contributed by atoms with Crippen molar-refractivity contribution >= 4 is 17.7 Å². The van der Waals surface area contributed by atoms with E-state index in [4.69, 9.17) is 9.68 Å². The lowest BCUT2D eigenvalue weighted by atomic mass is 10.1. The fraction of sp³-hybridized carbons (Fsp3) is 0.158. The standard InChI is InChI=1S/C19H16N4O2S/c20-11-16-3-1-2-4-17(16)12-26-10-9-21-18(24)14-5-7-15(8-6-14)19-23-22-13-25-19/h1-8,13H,9-10,12H2,(H,21,24). The number of hydrogen-bond donors (Lipinski definition) is 1. The van der Waals surface area contributed by atoms with Gasteiger partial charge in [0.15, 0.2) is 0 Å². The van der Waals surface area contributed by atoms with E-state index in [1.807, 2.05) is 24.3 Å². The van der Waals surface area contributed by atoms with Crippen LogP contribution in [0.25, 0.3) is 11.5 Å². The Kier molecular flexibility index (Phi) is 6.01. The molecular formula is C19H16N4O2S. The molecular weight excluding hydrogens is 348 g/mol. The molecule has 3 rings (SSSR count). The highest BCUT2D eigenvalue weighted by Gasteiger charge is 2.08. The van der Waals surface area contributed by atoms with Crippen LogP contribution in [-0.4, -0.2) is 28.4 Å². The molecule has 1 N–H and O–H groups in total. The molecule has 7 heteroatoms. The molecule has 0 aliphatic heterocycles. The molecule has 0 atom stereocenters. The lowest BCUT2D eigenvalue weighted by Gasteiger charge is -2.06. The molecule has 3 aromatic rings. The number of aromatic nitrogens is 2. The summed E-state index contributed by atoms with van der Waals surface area (Å²) >= 11 is 1.68. The minimum absolute atomic E-state index is 0.125. The summed E-state index contributed by atoms with van der Waals surface area (Å²) in [7, 11) is 0. The minimum atomic E-state index is -0.125. The van der Waals surface area contributed by atoms with Gasteiger partial charge in [0, 0.05) is 29.2 Å². The van der Waals surface area contributed by atoms with Crippen molar-refractivity contribution in [2.75, 3.05) is 12.3 Å². The van der Waals surface area contributed by atoms with E-state index < -0.39 is 0 Å². The number of nitrogens with zero attached hydrogens (tertiary/aromatic N) is 3. The summed E-state index contributed by atoms with van der Waals surface area (Å²) < 4.78 is 5.12. The van der Waals surface area contributed by atoms with Gasteiger partial charge in [-0.3, -0.25) is 4.79 Å². The molecule has 0 unspecified atom stereocenters. The van der Waals surface area contributed by atoms with Gasteiger partial charge >= 0.3 is 0 Å². The smallest absolute Gasteiger partial charge is 0.251 e. The molecule has 2 aromatic carbocycles. The second-order valence-corrected chi connectivity index (χ2v) is 6.50. The van der Waals surface area contributed by atoms with Crippen molar-refractivity contribution in [2.45, 2.75) is 5.75 Å². The molecule has 1 aromatic heterocycles. The Morgan fingerprint density at radius 3 is 2.73 bits per heavy atom. The normalized spacial score (nSPS) is 10.3. The molecule has 0 saturated heterocycles. The maximum atomic E-state index is 12.2. The quantitative estimate of drug-likeness (QED) is 0.647. The van der Waals surface area contributed by atoms with E-state index in [0.717, 1.165) is 22.6 Å². The van der Waals surface area contributed by atoms with E-state index >= 15 is 0 Å². The Balaban J connectivity index is 1.43. The number of nitriles is 1. The average Bonchev–Trinajstić information content (AvgIpc) is 3.23. The number of hydrogen-bond acceptors (Lipinski definition) is 6. The van der Waals surface area contributed by atoms with Gasteiger partial charge in [-0.05, 0) is 35.9 Å². The van der Waals surface area contributed by atoms with Crippen LogP contribution in [0.15, 0.2) is 59.3 Å². The van der Waals surface area contributed by atoms with E-state index in [1.165, 1.54) is 6.39 Å². The summed E-state index contributed by atoms with van der Waals surface area (Å²) in [6, 6.07) is 16.7. The van der Waals surface area contributed by atoms with E-state index in [0.29, 0.717) is 23.6 Å². The highest BCUT2D eigenvalue weighted by molar-refractivity contribution is 7.98. The molecule has 0 spiro atoms. The van der Waals surface area contributed by atoms with Crippen LogP contribution in [0.5, 0.6) is 0 Å². The monoisotopic (exact) mass is 364 g/mol.